The lowest BCUT2D eigenvalue weighted by atomic mass is 9.99. The van der Waals surface area contributed by atoms with Gasteiger partial charge in [0.05, 0.1) is 18.3 Å². The standard InChI is InChI=1S/C20H27N3O4S/c1-15-19(17-7-5-4-6-8-17)23(20(25)21(15)2)18(24)10-9-16-11-13-22(14-12-16)28(3,26)27/h4-9,15,19H,10-14H2,1-3H3/t15-,19?/m0/s1. The third kappa shape index (κ3) is 4.12. The molecule has 2 aliphatic rings. The van der Waals surface area contributed by atoms with Crippen LogP contribution >= 0.6 is 0 Å². The van der Waals surface area contributed by atoms with Gasteiger partial charge in [-0.3, -0.25) is 9.69 Å². The Labute approximate surface area is 166 Å². The van der Waals surface area contributed by atoms with E-state index in [0.717, 1.165) is 11.1 Å². The summed E-state index contributed by atoms with van der Waals surface area (Å²) in [5, 5.41) is 0. The number of urea groups is 1. The van der Waals surface area contributed by atoms with E-state index in [1.54, 1.807) is 11.9 Å². The first-order valence-corrected chi connectivity index (χ1v) is 11.3. The van der Waals surface area contributed by atoms with E-state index in [9.17, 15) is 18.0 Å². The summed E-state index contributed by atoms with van der Waals surface area (Å²) in [7, 11) is -1.45. The summed E-state index contributed by atoms with van der Waals surface area (Å²) in [4.78, 5) is 28.6. The van der Waals surface area contributed by atoms with Crippen LogP contribution in [0, 0.1) is 0 Å². The van der Waals surface area contributed by atoms with Crippen LogP contribution in [0.3, 0.4) is 0 Å². The van der Waals surface area contributed by atoms with Crippen molar-refractivity contribution in [1.82, 2.24) is 14.1 Å². The zero-order valence-corrected chi connectivity index (χ0v) is 17.4. The van der Waals surface area contributed by atoms with Crippen molar-refractivity contribution in [1.29, 1.82) is 0 Å². The van der Waals surface area contributed by atoms with E-state index in [2.05, 4.69) is 0 Å². The van der Waals surface area contributed by atoms with Crippen molar-refractivity contribution in [3.63, 3.8) is 0 Å². The lowest BCUT2D eigenvalue weighted by Crippen LogP contribution is -2.36. The fraction of sp³-hybridized carbons (Fsp3) is 0.500. The molecule has 3 rings (SSSR count). The summed E-state index contributed by atoms with van der Waals surface area (Å²) >= 11 is 0. The normalized spacial score (nSPS) is 24.0. The van der Waals surface area contributed by atoms with Gasteiger partial charge in [0.1, 0.15) is 0 Å². The fourth-order valence-electron chi connectivity index (χ4n) is 3.87. The first-order valence-electron chi connectivity index (χ1n) is 9.47. The van der Waals surface area contributed by atoms with Crippen LogP contribution in [0.1, 0.15) is 37.8 Å². The number of piperidine rings is 1. The average Bonchev–Trinajstić information content (AvgIpc) is 2.90. The Bertz CT molecular complexity index is 872. The molecule has 0 saturated carbocycles. The second kappa shape index (κ2) is 8.05. The molecule has 1 aromatic rings. The molecule has 2 heterocycles. The molecule has 3 amide bonds. The van der Waals surface area contributed by atoms with Crippen LogP contribution in [0.25, 0.3) is 0 Å². The molecule has 8 heteroatoms. The highest BCUT2D eigenvalue weighted by Gasteiger charge is 2.45. The maximum absolute atomic E-state index is 12.9. The van der Waals surface area contributed by atoms with Crippen LogP contribution in [0.2, 0.25) is 0 Å². The van der Waals surface area contributed by atoms with Crippen molar-refractivity contribution in [2.75, 3.05) is 26.4 Å². The molecule has 2 saturated heterocycles. The van der Waals surface area contributed by atoms with Gasteiger partial charge in [0.25, 0.3) is 0 Å². The minimum Gasteiger partial charge on any atom is -0.322 e. The second-order valence-corrected chi connectivity index (χ2v) is 9.46. The van der Waals surface area contributed by atoms with Gasteiger partial charge in [0.2, 0.25) is 15.9 Å². The van der Waals surface area contributed by atoms with Crippen molar-refractivity contribution in [2.45, 2.75) is 38.3 Å². The average molecular weight is 406 g/mol. The minimum atomic E-state index is -3.17. The van der Waals surface area contributed by atoms with E-state index in [0.29, 0.717) is 25.9 Å². The van der Waals surface area contributed by atoms with E-state index in [4.69, 9.17) is 0 Å². The summed E-state index contributed by atoms with van der Waals surface area (Å²) in [6.45, 7) is 2.82. The number of carbonyl (C=O) groups is 2. The number of rotatable bonds is 4. The molecule has 0 radical (unpaired) electrons. The van der Waals surface area contributed by atoms with Gasteiger partial charge in [-0.2, -0.15) is 0 Å². The molecule has 28 heavy (non-hydrogen) atoms. The molecule has 1 aromatic carbocycles. The van der Waals surface area contributed by atoms with Crippen molar-refractivity contribution in [2.24, 2.45) is 0 Å². The predicted molar refractivity (Wildman–Crippen MR) is 107 cm³/mol. The number of hydrogen-bond acceptors (Lipinski definition) is 4. The van der Waals surface area contributed by atoms with Crippen LogP contribution in [-0.4, -0.2) is 66.9 Å². The van der Waals surface area contributed by atoms with E-state index in [1.165, 1.54) is 15.5 Å². The third-order valence-corrected chi connectivity index (χ3v) is 6.97. The van der Waals surface area contributed by atoms with Gasteiger partial charge < -0.3 is 4.90 Å². The molecule has 0 aromatic heterocycles. The highest BCUT2D eigenvalue weighted by Crippen LogP contribution is 2.35. The van der Waals surface area contributed by atoms with E-state index in [-0.39, 0.29) is 30.4 Å². The first kappa shape index (κ1) is 20.5. The lowest BCUT2D eigenvalue weighted by molar-refractivity contribution is -0.128. The maximum atomic E-state index is 12.9. The number of amides is 3. The zero-order valence-electron chi connectivity index (χ0n) is 16.5. The zero-order chi connectivity index (χ0) is 20.5. The third-order valence-electron chi connectivity index (χ3n) is 5.66. The highest BCUT2D eigenvalue weighted by molar-refractivity contribution is 7.88. The Morgan fingerprint density at radius 1 is 1.18 bits per heavy atom. The van der Waals surface area contributed by atoms with Gasteiger partial charge in [0, 0.05) is 26.6 Å². The Morgan fingerprint density at radius 3 is 2.36 bits per heavy atom. The van der Waals surface area contributed by atoms with Gasteiger partial charge in [0.15, 0.2) is 0 Å². The number of imide groups is 1. The van der Waals surface area contributed by atoms with Crippen molar-refractivity contribution < 1.29 is 18.0 Å². The van der Waals surface area contributed by atoms with Crippen LogP contribution < -0.4 is 0 Å². The fourth-order valence-corrected chi connectivity index (χ4v) is 4.72. The first-order chi connectivity index (χ1) is 13.2. The maximum Gasteiger partial charge on any atom is 0.327 e. The minimum absolute atomic E-state index is 0.107. The Kier molecular flexibility index (Phi) is 5.90. The molecule has 0 spiro atoms. The van der Waals surface area contributed by atoms with E-state index >= 15 is 0 Å². The van der Waals surface area contributed by atoms with Gasteiger partial charge in [-0.25, -0.2) is 17.5 Å². The van der Waals surface area contributed by atoms with Gasteiger partial charge in [-0.15, -0.1) is 0 Å². The summed E-state index contributed by atoms with van der Waals surface area (Å²) in [5.41, 5.74) is 2.01. The molecule has 0 aliphatic carbocycles. The molecule has 1 unspecified atom stereocenters. The van der Waals surface area contributed by atoms with Gasteiger partial charge in [-0.1, -0.05) is 42.0 Å². The number of benzene rings is 1. The topological polar surface area (TPSA) is 78.0 Å². The number of sulfonamides is 1. The predicted octanol–water partition coefficient (Wildman–Crippen LogP) is 2.38. The number of nitrogens with zero attached hydrogens (tertiary/aromatic N) is 3. The van der Waals surface area contributed by atoms with Crippen LogP contribution in [0.15, 0.2) is 42.0 Å². The van der Waals surface area contributed by atoms with Crippen molar-refractivity contribution >= 4 is 22.0 Å². The largest absolute Gasteiger partial charge is 0.327 e. The van der Waals surface area contributed by atoms with Crippen LogP contribution in [0.5, 0.6) is 0 Å². The summed E-state index contributed by atoms with van der Waals surface area (Å²) in [6, 6.07) is 8.91. The number of carbonyl (C=O) groups excluding carboxylic acids is 2. The molecule has 2 fully saturated rings. The molecule has 7 nitrogen and oxygen atoms in total. The molecule has 0 N–H and O–H groups in total. The molecular weight excluding hydrogens is 378 g/mol. The smallest absolute Gasteiger partial charge is 0.322 e. The molecule has 2 aliphatic heterocycles. The van der Waals surface area contributed by atoms with E-state index in [1.807, 2.05) is 43.3 Å². The molecule has 152 valence electrons. The Hall–Kier alpha value is -2.19. The number of likely N-dealkylation sites (N-methyl/N-ethyl adjacent to an activating group) is 1. The van der Waals surface area contributed by atoms with Crippen LogP contribution in [0.4, 0.5) is 4.79 Å². The van der Waals surface area contributed by atoms with Crippen LogP contribution in [-0.2, 0) is 14.8 Å². The monoisotopic (exact) mass is 405 g/mol. The molecular formula is C20H27N3O4S. The highest BCUT2D eigenvalue weighted by atomic mass is 32.2. The Balaban J connectivity index is 1.71. The summed E-state index contributed by atoms with van der Waals surface area (Å²) < 4.78 is 24.7. The quantitative estimate of drug-likeness (QED) is 0.721. The second-order valence-electron chi connectivity index (χ2n) is 7.48. The molecule has 2 atom stereocenters. The van der Waals surface area contributed by atoms with E-state index < -0.39 is 10.0 Å². The summed E-state index contributed by atoms with van der Waals surface area (Å²) in [6.07, 6.45) is 4.45. The SMILES string of the molecule is C[C@H]1C(c2ccccc2)N(C(=O)CC=C2CCN(S(C)(=O)=O)CC2)C(=O)N1C. The summed E-state index contributed by atoms with van der Waals surface area (Å²) in [5.74, 6) is -0.229. The van der Waals surface area contributed by atoms with Gasteiger partial charge in [-0.05, 0) is 25.3 Å². The van der Waals surface area contributed by atoms with Gasteiger partial charge >= 0.3 is 6.03 Å². The number of hydrogen-bond donors (Lipinski definition) is 0. The lowest BCUT2D eigenvalue weighted by Gasteiger charge is -2.26. The molecule has 0 bridgehead atoms. The Morgan fingerprint density at radius 2 is 1.79 bits per heavy atom. The van der Waals surface area contributed by atoms with Crippen molar-refractivity contribution in [3.05, 3.63) is 47.5 Å². The van der Waals surface area contributed by atoms with Crippen molar-refractivity contribution in [3.8, 4) is 0 Å².